The van der Waals surface area contributed by atoms with Crippen LogP contribution in [0.2, 0.25) is 0 Å². The lowest BCUT2D eigenvalue weighted by Crippen LogP contribution is -2.13. The van der Waals surface area contributed by atoms with Crippen molar-refractivity contribution < 1.29 is 13.6 Å². The SMILES string of the molecule is N#Cc1ccc(C(=O)Nc2cccc(-c3nc4ncccc4o3)c2)c(F)c1. The molecule has 2 heterocycles. The Labute approximate surface area is 152 Å². The van der Waals surface area contributed by atoms with Crippen molar-refractivity contribution in [1.29, 1.82) is 5.26 Å². The van der Waals surface area contributed by atoms with Gasteiger partial charge in [0.25, 0.3) is 5.91 Å². The first kappa shape index (κ1) is 16.4. The Balaban J connectivity index is 1.61. The highest BCUT2D eigenvalue weighted by atomic mass is 19.1. The van der Waals surface area contributed by atoms with Crippen molar-refractivity contribution in [2.45, 2.75) is 0 Å². The zero-order valence-corrected chi connectivity index (χ0v) is 13.8. The van der Waals surface area contributed by atoms with Gasteiger partial charge in [0.05, 0.1) is 17.2 Å². The fourth-order valence-corrected chi connectivity index (χ4v) is 2.59. The summed E-state index contributed by atoms with van der Waals surface area (Å²) in [6.45, 7) is 0. The fraction of sp³-hybridized carbons (Fsp3) is 0. The quantitative estimate of drug-likeness (QED) is 0.594. The van der Waals surface area contributed by atoms with Gasteiger partial charge in [-0.2, -0.15) is 10.2 Å². The molecule has 0 unspecified atom stereocenters. The van der Waals surface area contributed by atoms with Gasteiger partial charge in [-0.1, -0.05) is 6.07 Å². The third-order valence-electron chi connectivity index (χ3n) is 3.88. The number of nitrogens with zero attached hydrogens (tertiary/aromatic N) is 3. The standard InChI is InChI=1S/C20H11FN4O2/c21-16-9-12(11-22)6-7-15(16)19(26)24-14-4-1-3-13(10-14)20-25-18-17(27-20)5-2-8-23-18/h1-10H,(H,24,26). The molecular weight excluding hydrogens is 347 g/mol. The third-order valence-corrected chi connectivity index (χ3v) is 3.88. The molecule has 6 nitrogen and oxygen atoms in total. The fourth-order valence-electron chi connectivity index (χ4n) is 2.59. The van der Waals surface area contributed by atoms with Crippen LogP contribution >= 0.6 is 0 Å². The van der Waals surface area contributed by atoms with E-state index in [1.807, 2.05) is 6.07 Å². The molecule has 0 bridgehead atoms. The molecule has 2 aromatic carbocycles. The van der Waals surface area contributed by atoms with Gasteiger partial charge in [0.15, 0.2) is 11.2 Å². The molecule has 130 valence electrons. The van der Waals surface area contributed by atoms with Crippen LogP contribution in [0.3, 0.4) is 0 Å². The molecule has 0 aliphatic carbocycles. The van der Waals surface area contributed by atoms with E-state index in [0.29, 0.717) is 28.4 Å². The average molecular weight is 358 g/mol. The van der Waals surface area contributed by atoms with Gasteiger partial charge in [-0.05, 0) is 48.5 Å². The number of hydrogen-bond acceptors (Lipinski definition) is 5. The lowest BCUT2D eigenvalue weighted by Gasteiger charge is -2.07. The summed E-state index contributed by atoms with van der Waals surface area (Å²) in [5.41, 5.74) is 2.15. The Bertz CT molecular complexity index is 1180. The van der Waals surface area contributed by atoms with Crippen molar-refractivity contribution in [2.75, 3.05) is 5.32 Å². The van der Waals surface area contributed by atoms with Gasteiger partial charge < -0.3 is 9.73 Å². The summed E-state index contributed by atoms with van der Waals surface area (Å²) in [4.78, 5) is 20.8. The number of amides is 1. The van der Waals surface area contributed by atoms with Gasteiger partial charge in [-0.15, -0.1) is 0 Å². The number of carbonyl (C=O) groups excluding carboxylic acids is 1. The molecule has 0 aliphatic rings. The first-order chi connectivity index (χ1) is 13.1. The summed E-state index contributed by atoms with van der Waals surface area (Å²) in [7, 11) is 0. The van der Waals surface area contributed by atoms with Crippen LogP contribution in [-0.2, 0) is 0 Å². The number of oxazole rings is 1. The normalized spacial score (nSPS) is 10.5. The van der Waals surface area contributed by atoms with Crippen molar-refractivity contribution in [3.63, 3.8) is 0 Å². The number of rotatable bonds is 3. The number of nitriles is 1. The van der Waals surface area contributed by atoms with Crippen LogP contribution in [0.4, 0.5) is 10.1 Å². The second kappa shape index (κ2) is 6.69. The highest BCUT2D eigenvalue weighted by Gasteiger charge is 2.14. The van der Waals surface area contributed by atoms with E-state index in [1.54, 1.807) is 42.6 Å². The number of benzene rings is 2. The Morgan fingerprint density at radius 2 is 2.04 bits per heavy atom. The van der Waals surface area contributed by atoms with Crippen molar-refractivity contribution >= 4 is 22.8 Å². The van der Waals surface area contributed by atoms with E-state index < -0.39 is 11.7 Å². The van der Waals surface area contributed by atoms with Crippen LogP contribution in [0, 0.1) is 17.1 Å². The number of hydrogen-bond donors (Lipinski definition) is 1. The molecule has 4 rings (SSSR count). The molecule has 0 saturated heterocycles. The maximum Gasteiger partial charge on any atom is 0.258 e. The molecule has 1 amide bonds. The minimum Gasteiger partial charge on any atom is -0.434 e. The van der Waals surface area contributed by atoms with Crippen molar-refractivity contribution in [3.8, 4) is 17.5 Å². The molecule has 1 N–H and O–H groups in total. The molecule has 7 heteroatoms. The molecule has 0 spiro atoms. The summed E-state index contributed by atoms with van der Waals surface area (Å²) >= 11 is 0. The van der Waals surface area contributed by atoms with Gasteiger partial charge in [-0.25, -0.2) is 9.37 Å². The molecule has 0 saturated carbocycles. The van der Waals surface area contributed by atoms with Gasteiger partial charge in [0, 0.05) is 17.4 Å². The van der Waals surface area contributed by atoms with E-state index in [-0.39, 0.29) is 11.1 Å². The first-order valence-corrected chi connectivity index (χ1v) is 7.97. The Morgan fingerprint density at radius 3 is 2.81 bits per heavy atom. The van der Waals surface area contributed by atoms with Crippen LogP contribution in [-0.4, -0.2) is 15.9 Å². The van der Waals surface area contributed by atoms with E-state index in [0.717, 1.165) is 6.07 Å². The molecule has 0 aliphatic heterocycles. The highest BCUT2D eigenvalue weighted by Crippen LogP contribution is 2.25. The summed E-state index contributed by atoms with van der Waals surface area (Å²) in [6, 6.07) is 15.9. The monoisotopic (exact) mass is 358 g/mol. The smallest absolute Gasteiger partial charge is 0.258 e. The minimum atomic E-state index is -0.757. The maximum absolute atomic E-state index is 14.0. The first-order valence-electron chi connectivity index (χ1n) is 7.97. The van der Waals surface area contributed by atoms with E-state index in [9.17, 15) is 9.18 Å². The average Bonchev–Trinajstić information content (AvgIpc) is 3.12. The third kappa shape index (κ3) is 3.24. The van der Waals surface area contributed by atoms with Gasteiger partial charge in [0.1, 0.15) is 5.82 Å². The zero-order chi connectivity index (χ0) is 18.8. The summed E-state index contributed by atoms with van der Waals surface area (Å²) in [5.74, 6) is -1.01. The van der Waals surface area contributed by atoms with E-state index >= 15 is 0 Å². The Hall–Kier alpha value is -4.05. The Kier molecular flexibility index (Phi) is 4.07. The minimum absolute atomic E-state index is 0.148. The number of nitrogens with one attached hydrogen (secondary N) is 1. The van der Waals surface area contributed by atoms with Crippen molar-refractivity contribution in [3.05, 3.63) is 77.7 Å². The number of halogens is 1. The van der Waals surface area contributed by atoms with Crippen LogP contribution in [0.25, 0.3) is 22.7 Å². The number of fused-ring (bicyclic) bond motifs is 1. The zero-order valence-electron chi connectivity index (χ0n) is 13.8. The summed E-state index contributed by atoms with van der Waals surface area (Å²) in [5, 5.41) is 11.4. The molecule has 0 atom stereocenters. The molecule has 2 aromatic heterocycles. The predicted octanol–water partition coefficient (Wildman–Crippen LogP) is 4.15. The largest absolute Gasteiger partial charge is 0.434 e. The maximum atomic E-state index is 14.0. The van der Waals surface area contributed by atoms with Gasteiger partial charge in [-0.3, -0.25) is 4.79 Å². The highest BCUT2D eigenvalue weighted by molar-refractivity contribution is 6.04. The van der Waals surface area contributed by atoms with Crippen LogP contribution in [0.1, 0.15) is 15.9 Å². The molecule has 27 heavy (non-hydrogen) atoms. The van der Waals surface area contributed by atoms with Crippen LogP contribution in [0.5, 0.6) is 0 Å². The molecule has 0 radical (unpaired) electrons. The predicted molar refractivity (Wildman–Crippen MR) is 96.3 cm³/mol. The van der Waals surface area contributed by atoms with Gasteiger partial charge in [0.2, 0.25) is 5.89 Å². The van der Waals surface area contributed by atoms with E-state index in [4.69, 9.17) is 9.68 Å². The topological polar surface area (TPSA) is 91.8 Å². The van der Waals surface area contributed by atoms with Gasteiger partial charge >= 0.3 is 0 Å². The molecule has 0 fully saturated rings. The van der Waals surface area contributed by atoms with Crippen LogP contribution in [0.15, 0.2) is 65.2 Å². The van der Waals surface area contributed by atoms with Crippen molar-refractivity contribution in [2.24, 2.45) is 0 Å². The second-order valence-corrected chi connectivity index (χ2v) is 5.69. The van der Waals surface area contributed by atoms with E-state index in [2.05, 4.69) is 15.3 Å². The Morgan fingerprint density at radius 1 is 1.15 bits per heavy atom. The molecule has 4 aromatic rings. The van der Waals surface area contributed by atoms with Crippen molar-refractivity contribution in [1.82, 2.24) is 9.97 Å². The van der Waals surface area contributed by atoms with E-state index in [1.165, 1.54) is 12.1 Å². The number of carbonyl (C=O) groups is 1. The summed E-state index contributed by atoms with van der Waals surface area (Å²) in [6.07, 6.45) is 1.62. The lowest BCUT2D eigenvalue weighted by molar-refractivity contribution is 0.102. The molecular formula is C20H11FN4O2. The number of pyridine rings is 1. The van der Waals surface area contributed by atoms with Crippen LogP contribution < -0.4 is 5.32 Å². The second-order valence-electron chi connectivity index (χ2n) is 5.69. The lowest BCUT2D eigenvalue weighted by atomic mass is 10.1. The number of aromatic nitrogens is 2. The number of anilines is 1. The summed E-state index contributed by atoms with van der Waals surface area (Å²) < 4.78 is 19.7.